The van der Waals surface area contributed by atoms with Crippen LogP contribution in [0, 0.1) is 0 Å². The highest BCUT2D eigenvalue weighted by molar-refractivity contribution is 6.42. The highest BCUT2D eigenvalue weighted by atomic mass is 35.5. The van der Waals surface area contributed by atoms with Gasteiger partial charge < -0.3 is 19.7 Å². The van der Waals surface area contributed by atoms with Crippen molar-refractivity contribution in [2.75, 3.05) is 26.0 Å². The fraction of sp³-hybridized carbons (Fsp3) is 0.300. The van der Waals surface area contributed by atoms with Gasteiger partial charge in [0.2, 0.25) is 5.91 Å². The number of methoxy groups -OCH3 is 1. The Balaban J connectivity index is 2.05. The molecule has 0 saturated heterocycles. The topological polar surface area (TPSA) is 67.9 Å². The molecule has 2 aromatic rings. The Labute approximate surface area is 174 Å². The van der Waals surface area contributed by atoms with Crippen LogP contribution in [0.2, 0.25) is 10.0 Å². The van der Waals surface area contributed by atoms with Crippen molar-refractivity contribution in [3.63, 3.8) is 0 Å². The third kappa shape index (κ3) is 5.78. The van der Waals surface area contributed by atoms with Gasteiger partial charge in [-0.15, -0.1) is 0 Å². The molecule has 2 amide bonds. The smallest absolute Gasteiger partial charge is 0.254 e. The van der Waals surface area contributed by atoms with Crippen LogP contribution in [0.15, 0.2) is 36.4 Å². The van der Waals surface area contributed by atoms with Gasteiger partial charge in [-0.3, -0.25) is 9.59 Å². The summed E-state index contributed by atoms with van der Waals surface area (Å²) in [5.74, 6) is 0.321. The lowest BCUT2D eigenvalue weighted by Gasteiger charge is -2.19. The van der Waals surface area contributed by atoms with E-state index in [2.05, 4.69) is 5.32 Å². The number of nitrogens with zero attached hydrogens (tertiary/aromatic N) is 1. The summed E-state index contributed by atoms with van der Waals surface area (Å²) in [5, 5.41) is 3.41. The van der Waals surface area contributed by atoms with Crippen LogP contribution in [0.3, 0.4) is 0 Å². The number of nitrogens with one attached hydrogen (secondary N) is 1. The van der Waals surface area contributed by atoms with Gasteiger partial charge in [0.25, 0.3) is 5.91 Å². The second-order valence-electron chi connectivity index (χ2n) is 6.37. The van der Waals surface area contributed by atoms with E-state index in [4.69, 9.17) is 32.7 Å². The molecule has 0 heterocycles. The number of carbonyl (C=O) groups is 2. The van der Waals surface area contributed by atoms with Crippen molar-refractivity contribution in [3.05, 3.63) is 52.0 Å². The van der Waals surface area contributed by atoms with Crippen molar-refractivity contribution in [1.82, 2.24) is 4.90 Å². The quantitative estimate of drug-likeness (QED) is 0.710. The zero-order valence-electron chi connectivity index (χ0n) is 16.1. The average molecular weight is 425 g/mol. The van der Waals surface area contributed by atoms with Crippen molar-refractivity contribution < 1.29 is 19.1 Å². The lowest BCUT2D eigenvalue weighted by atomic mass is 10.1. The van der Waals surface area contributed by atoms with Crippen LogP contribution < -0.4 is 14.8 Å². The summed E-state index contributed by atoms with van der Waals surface area (Å²) in [7, 11) is 3.05. The molecule has 1 N–H and O–H groups in total. The maximum Gasteiger partial charge on any atom is 0.254 e. The zero-order valence-corrected chi connectivity index (χ0v) is 17.6. The summed E-state index contributed by atoms with van der Waals surface area (Å²) in [4.78, 5) is 26.2. The molecule has 6 nitrogen and oxygen atoms in total. The average Bonchev–Trinajstić information content (AvgIpc) is 2.63. The van der Waals surface area contributed by atoms with Gasteiger partial charge in [-0.2, -0.15) is 0 Å². The minimum absolute atomic E-state index is 0.0248. The molecule has 0 fully saturated rings. The summed E-state index contributed by atoms with van der Waals surface area (Å²) >= 11 is 11.8. The molecule has 28 heavy (non-hydrogen) atoms. The van der Waals surface area contributed by atoms with Gasteiger partial charge in [0.1, 0.15) is 0 Å². The highest BCUT2D eigenvalue weighted by Gasteiger charge is 2.18. The maximum atomic E-state index is 12.6. The van der Waals surface area contributed by atoms with E-state index in [1.807, 2.05) is 13.8 Å². The lowest BCUT2D eigenvalue weighted by molar-refractivity contribution is -0.116. The minimum Gasteiger partial charge on any atom is -0.493 e. The first-order chi connectivity index (χ1) is 13.2. The summed E-state index contributed by atoms with van der Waals surface area (Å²) in [6, 6.07) is 9.66. The molecule has 0 bridgehead atoms. The Morgan fingerprint density at radius 2 is 1.79 bits per heavy atom. The number of carbonyl (C=O) groups excluding carboxylic acids is 2. The van der Waals surface area contributed by atoms with Crippen molar-refractivity contribution in [3.8, 4) is 11.5 Å². The summed E-state index contributed by atoms with van der Waals surface area (Å²) in [5.41, 5.74) is 0.884. The van der Waals surface area contributed by atoms with Crippen molar-refractivity contribution >= 4 is 40.7 Å². The first kappa shape index (κ1) is 21.9. The second-order valence-corrected chi connectivity index (χ2v) is 7.18. The molecule has 0 spiro atoms. The molecule has 0 saturated carbocycles. The van der Waals surface area contributed by atoms with Crippen LogP contribution >= 0.6 is 23.2 Å². The van der Waals surface area contributed by atoms with Crippen molar-refractivity contribution in [2.45, 2.75) is 20.0 Å². The second kappa shape index (κ2) is 9.66. The monoisotopic (exact) mass is 424 g/mol. The molecule has 0 aliphatic carbocycles. The standard InChI is InChI=1S/C20H22Cl2N2O4/c1-12(2)28-17-8-5-13(9-18(17)27-4)20(26)24(3)11-19(25)23-14-6-7-15(21)16(22)10-14/h5-10,12H,11H2,1-4H3,(H,23,25). The van der Waals surface area contributed by atoms with Gasteiger partial charge in [-0.05, 0) is 50.2 Å². The van der Waals surface area contributed by atoms with Gasteiger partial charge in [-0.1, -0.05) is 23.2 Å². The van der Waals surface area contributed by atoms with Crippen LogP contribution in [0.4, 0.5) is 5.69 Å². The van der Waals surface area contributed by atoms with E-state index in [1.54, 1.807) is 43.4 Å². The van der Waals surface area contributed by atoms with Crippen LogP contribution in [-0.4, -0.2) is 43.5 Å². The number of benzene rings is 2. The van der Waals surface area contributed by atoms with Crippen molar-refractivity contribution in [2.24, 2.45) is 0 Å². The van der Waals surface area contributed by atoms with Crippen molar-refractivity contribution in [1.29, 1.82) is 0 Å². The Hall–Kier alpha value is -2.44. The van der Waals surface area contributed by atoms with E-state index in [1.165, 1.54) is 12.0 Å². The lowest BCUT2D eigenvalue weighted by Crippen LogP contribution is -2.34. The number of rotatable bonds is 7. The molecule has 0 aliphatic rings. The molecular formula is C20H22Cl2N2O4. The normalized spacial score (nSPS) is 10.5. The third-order valence-electron chi connectivity index (χ3n) is 3.70. The molecular weight excluding hydrogens is 403 g/mol. The molecule has 2 rings (SSSR count). The molecule has 8 heteroatoms. The fourth-order valence-electron chi connectivity index (χ4n) is 2.43. The summed E-state index contributed by atoms with van der Waals surface area (Å²) in [6.07, 6.45) is -0.0248. The molecule has 0 aromatic heterocycles. The van der Waals surface area contributed by atoms with Gasteiger partial charge in [0.05, 0.1) is 29.8 Å². The van der Waals surface area contributed by atoms with Crippen LogP contribution in [-0.2, 0) is 4.79 Å². The number of hydrogen-bond donors (Lipinski definition) is 1. The highest BCUT2D eigenvalue weighted by Crippen LogP contribution is 2.29. The van der Waals surface area contributed by atoms with E-state index in [0.29, 0.717) is 32.8 Å². The number of hydrogen-bond acceptors (Lipinski definition) is 4. The molecule has 2 aromatic carbocycles. The van der Waals surface area contributed by atoms with E-state index < -0.39 is 0 Å². The number of amides is 2. The van der Waals surface area contributed by atoms with Gasteiger partial charge in [-0.25, -0.2) is 0 Å². The molecule has 0 unspecified atom stereocenters. The van der Waals surface area contributed by atoms with Crippen LogP contribution in [0.25, 0.3) is 0 Å². The Morgan fingerprint density at radius 3 is 2.39 bits per heavy atom. The summed E-state index contributed by atoms with van der Waals surface area (Å²) in [6.45, 7) is 3.67. The minimum atomic E-state index is -0.360. The largest absolute Gasteiger partial charge is 0.493 e. The maximum absolute atomic E-state index is 12.6. The Kier molecular flexibility index (Phi) is 7.54. The SMILES string of the molecule is COc1cc(C(=O)N(C)CC(=O)Nc2ccc(Cl)c(Cl)c2)ccc1OC(C)C. The van der Waals surface area contributed by atoms with E-state index in [9.17, 15) is 9.59 Å². The molecule has 0 radical (unpaired) electrons. The first-order valence-electron chi connectivity index (χ1n) is 8.56. The van der Waals surface area contributed by atoms with Crippen LogP contribution in [0.5, 0.6) is 11.5 Å². The molecule has 0 atom stereocenters. The number of likely N-dealkylation sites (N-methyl/N-ethyl adjacent to an activating group) is 1. The predicted molar refractivity (Wildman–Crippen MR) is 111 cm³/mol. The van der Waals surface area contributed by atoms with E-state index in [0.717, 1.165) is 0 Å². The first-order valence-corrected chi connectivity index (χ1v) is 9.32. The number of halogens is 2. The van der Waals surface area contributed by atoms with Gasteiger partial charge in [0, 0.05) is 18.3 Å². The third-order valence-corrected chi connectivity index (χ3v) is 4.44. The van der Waals surface area contributed by atoms with Gasteiger partial charge in [0.15, 0.2) is 11.5 Å². The zero-order chi connectivity index (χ0) is 20.8. The van der Waals surface area contributed by atoms with E-state index in [-0.39, 0.29) is 24.5 Å². The Morgan fingerprint density at radius 1 is 1.07 bits per heavy atom. The predicted octanol–water partition coefficient (Wildman–Crippen LogP) is 4.50. The molecule has 0 aliphatic heterocycles. The number of ether oxygens (including phenoxy) is 2. The van der Waals surface area contributed by atoms with E-state index >= 15 is 0 Å². The fourth-order valence-corrected chi connectivity index (χ4v) is 2.73. The number of anilines is 1. The van der Waals surface area contributed by atoms with Gasteiger partial charge >= 0.3 is 0 Å². The summed E-state index contributed by atoms with van der Waals surface area (Å²) < 4.78 is 10.9. The van der Waals surface area contributed by atoms with Crippen LogP contribution in [0.1, 0.15) is 24.2 Å². The molecule has 150 valence electrons. The Bertz CT molecular complexity index is 871.